The molecule has 2 aliphatic heterocycles. The first kappa shape index (κ1) is 18.1. The van der Waals surface area contributed by atoms with E-state index in [0.717, 1.165) is 43.0 Å². The Kier molecular flexibility index (Phi) is 6.56. The summed E-state index contributed by atoms with van der Waals surface area (Å²) >= 11 is 0. The molecule has 5 nitrogen and oxygen atoms in total. The average molecular weight is 347 g/mol. The van der Waals surface area contributed by atoms with Crippen LogP contribution < -0.4 is 14.4 Å². The van der Waals surface area contributed by atoms with Crippen molar-refractivity contribution in [2.45, 2.75) is 52.0 Å². The number of quaternary nitrogens is 1. The number of hydrogen-bond donors (Lipinski definition) is 1. The molecular weight excluding hydrogens is 316 g/mol. The molecular formula is C20H31N2O3+. The molecule has 0 bridgehead atoms. The molecule has 0 saturated carbocycles. The molecule has 1 saturated heterocycles. The van der Waals surface area contributed by atoms with Gasteiger partial charge in [0.15, 0.2) is 11.5 Å². The minimum atomic E-state index is 0.282. The molecule has 0 spiro atoms. The lowest BCUT2D eigenvalue weighted by atomic mass is 10.1. The number of unbranched alkanes of at least 4 members (excludes halogenated alkanes) is 1. The Balaban J connectivity index is 1.57. The monoisotopic (exact) mass is 347 g/mol. The minimum Gasteiger partial charge on any atom is -0.454 e. The van der Waals surface area contributed by atoms with Gasteiger partial charge in [-0.25, -0.2) is 0 Å². The van der Waals surface area contributed by atoms with Crippen molar-refractivity contribution in [2.24, 2.45) is 0 Å². The van der Waals surface area contributed by atoms with Crippen LogP contribution in [0.25, 0.3) is 0 Å². The van der Waals surface area contributed by atoms with Crippen LogP contribution in [-0.2, 0) is 11.3 Å². The highest BCUT2D eigenvalue weighted by Gasteiger charge is 2.20. The molecule has 25 heavy (non-hydrogen) atoms. The van der Waals surface area contributed by atoms with E-state index in [9.17, 15) is 4.79 Å². The Morgan fingerprint density at radius 1 is 1.16 bits per heavy atom. The third kappa shape index (κ3) is 5.11. The molecule has 1 aromatic rings. The summed E-state index contributed by atoms with van der Waals surface area (Å²) in [5, 5.41) is 0. The highest BCUT2D eigenvalue weighted by atomic mass is 16.7. The number of benzene rings is 1. The molecule has 2 heterocycles. The third-order valence-electron chi connectivity index (χ3n) is 5.20. The molecule has 5 heteroatoms. The topological polar surface area (TPSA) is 43.2 Å². The van der Waals surface area contributed by atoms with Gasteiger partial charge < -0.3 is 19.3 Å². The second-order valence-electron chi connectivity index (χ2n) is 7.17. The van der Waals surface area contributed by atoms with E-state index in [1.165, 1.54) is 32.4 Å². The Hall–Kier alpha value is -1.75. The van der Waals surface area contributed by atoms with E-state index in [-0.39, 0.29) is 12.7 Å². The maximum atomic E-state index is 12.8. The summed E-state index contributed by atoms with van der Waals surface area (Å²) in [6.45, 7) is 7.37. The smallest absolute Gasteiger partial charge is 0.231 e. The van der Waals surface area contributed by atoms with Gasteiger partial charge in [-0.1, -0.05) is 19.4 Å². The highest BCUT2D eigenvalue weighted by molar-refractivity contribution is 5.76. The van der Waals surface area contributed by atoms with Crippen LogP contribution in [0.5, 0.6) is 11.5 Å². The highest BCUT2D eigenvalue weighted by Crippen LogP contribution is 2.32. The summed E-state index contributed by atoms with van der Waals surface area (Å²) in [5.41, 5.74) is 1.11. The number of amides is 1. The van der Waals surface area contributed by atoms with Gasteiger partial charge in [0.05, 0.1) is 26.1 Å². The fraction of sp³-hybridized carbons (Fsp3) is 0.650. The fourth-order valence-corrected chi connectivity index (χ4v) is 3.64. The van der Waals surface area contributed by atoms with Gasteiger partial charge in [-0.3, -0.25) is 4.79 Å². The maximum Gasteiger partial charge on any atom is 0.231 e. The van der Waals surface area contributed by atoms with Gasteiger partial charge in [0.1, 0.15) is 0 Å². The van der Waals surface area contributed by atoms with Crippen molar-refractivity contribution >= 4 is 5.91 Å². The van der Waals surface area contributed by atoms with Crippen molar-refractivity contribution in [1.29, 1.82) is 0 Å². The quantitative estimate of drug-likeness (QED) is 0.782. The number of likely N-dealkylation sites (tertiary alicyclic amines) is 1. The number of carbonyl (C=O) groups is 1. The van der Waals surface area contributed by atoms with Gasteiger partial charge in [-0.05, 0) is 43.4 Å². The molecule has 1 aromatic carbocycles. The number of carbonyl (C=O) groups excluding carboxylic acids is 1. The molecule has 138 valence electrons. The van der Waals surface area contributed by atoms with Gasteiger partial charge in [-0.2, -0.15) is 0 Å². The van der Waals surface area contributed by atoms with Gasteiger partial charge in [-0.15, -0.1) is 0 Å². The van der Waals surface area contributed by atoms with E-state index >= 15 is 0 Å². The third-order valence-corrected chi connectivity index (χ3v) is 5.20. The summed E-state index contributed by atoms with van der Waals surface area (Å²) in [6.07, 6.45) is 6.77. The van der Waals surface area contributed by atoms with E-state index in [1.54, 1.807) is 4.90 Å². The molecule has 1 amide bonds. The maximum absolute atomic E-state index is 12.8. The number of rotatable bonds is 8. The van der Waals surface area contributed by atoms with Crippen molar-refractivity contribution in [1.82, 2.24) is 4.90 Å². The lowest BCUT2D eigenvalue weighted by Gasteiger charge is -2.26. The van der Waals surface area contributed by atoms with Crippen LogP contribution >= 0.6 is 0 Å². The Morgan fingerprint density at radius 2 is 1.96 bits per heavy atom. The number of piperidine rings is 1. The van der Waals surface area contributed by atoms with Crippen LogP contribution in [0.15, 0.2) is 18.2 Å². The van der Waals surface area contributed by atoms with E-state index in [1.807, 2.05) is 23.1 Å². The average Bonchev–Trinajstić information content (AvgIpc) is 3.11. The molecule has 0 atom stereocenters. The zero-order valence-electron chi connectivity index (χ0n) is 15.4. The predicted molar refractivity (Wildman–Crippen MR) is 96.9 cm³/mol. The van der Waals surface area contributed by atoms with Crippen molar-refractivity contribution in [2.75, 3.05) is 33.0 Å². The van der Waals surface area contributed by atoms with Crippen molar-refractivity contribution in [3.05, 3.63) is 23.8 Å². The number of hydrogen-bond acceptors (Lipinski definition) is 3. The van der Waals surface area contributed by atoms with Crippen molar-refractivity contribution < 1.29 is 19.2 Å². The molecule has 3 rings (SSSR count). The lowest BCUT2D eigenvalue weighted by Crippen LogP contribution is -3.12. The molecule has 0 radical (unpaired) electrons. The van der Waals surface area contributed by atoms with Crippen LogP contribution in [0, 0.1) is 0 Å². The van der Waals surface area contributed by atoms with Crippen LogP contribution in [-0.4, -0.2) is 43.8 Å². The summed E-state index contributed by atoms with van der Waals surface area (Å²) in [4.78, 5) is 16.4. The van der Waals surface area contributed by atoms with Crippen LogP contribution in [0.1, 0.15) is 51.0 Å². The van der Waals surface area contributed by atoms with Crippen LogP contribution in [0.4, 0.5) is 0 Å². The van der Waals surface area contributed by atoms with Crippen LogP contribution in [0.3, 0.4) is 0 Å². The molecule has 1 N–H and O–H groups in total. The first-order chi connectivity index (χ1) is 12.3. The normalized spacial score (nSPS) is 16.8. The van der Waals surface area contributed by atoms with Crippen molar-refractivity contribution in [3.8, 4) is 11.5 Å². The first-order valence-electron chi connectivity index (χ1n) is 9.76. The Morgan fingerprint density at radius 3 is 2.76 bits per heavy atom. The molecule has 0 aliphatic carbocycles. The molecule has 0 unspecified atom stereocenters. The van der Waals surface area contributed by atoms with E-state index in [4.69, 9.17) is 9.47 Å². The van der Waals surface area contributed by atoms with E-state index in [0.29, 0.717) is 13.0 Å². The number of fused-ring (bicyclic) bond motifs is 1. The van der Waals surface area contributed by atoms with E-state index in [2.05, 4.69) is 6.92 Å². The number of ether oxygens (including phenoxy) is 2. The van der Waals surface area contributed by atoms with E-state index < -0.39 is 0 Å². The molecule has 0 aromatic heterocycles. The van der Waals surface area contributed by atoms with Gasteiger partial charge >= 0.3 is 0 Å². The predicted octanol–water partition coefficient (Wildman–Crippen LogP) is 2.00. The summed E-state index contributed by atoms with van der Waals surface area (Å²) in [5.74, 6) is 1.87. The zero-order chi connectivity index (χ0) is 17.5. The second kappa shape index (κ2) is 9.09. The molecule has 2 aliphatic rings. The largest absolute Gasteiger partial charge is 0.454 e. The van der Waals surface area contributed by atoms with Crippen molar-refractivity contribution in [3.63, 3.8) is 0 Å². The minimum absolute atomic E-state index is 0.282. The number of nitrogens with one attached hydrogen (secondary N) is 1. The SMILES string of the molecule is CCCCN(Cc1ccc2c(c1)OCO2)C(=O)CC[NH+]1CCCCC1. The first-order valence-corrected chi connectivity index (χ1v) is 9.76. The van der Waals surface area contributed by atoms with Gasteiger partial charge in [0.25, 0.3) is 0 Å². The standard InChI is InChI=1S/C20H30N2O3/c1-2-3-12-22(20(23)9-13-21-10-5-4-6-11-21)15-17-7-8-18-19(14-17)25-16-24-18/h7-8,14H,2-6,9-13,15-16H2,1H3/p+1. The Bertz CT molecular complexity index is 570. The second-order valence-corrected chi connectivity index (χ2v) is 7.17. The Labute approximate surface area is 150 Å². The fourth-order valence-electron chi connectivity index (χ4n) is 3.64. The van der Waals surface area contributed by atoms with Gasteiger partial charge in [0, 0.05) is 13.1 Å². The molecule has 1 fully saturated rings. The summed E-state index contributed by atoms with van der Waals surface area (Å²) in [7, 11) is 0. The zero-order valence-corrected chi connectivity index (χ0v) is 15.4. The lowest BCUT2D eigenvalue weighted by molar-refractivity contribution is -0.904. The number of nitrogens with zero attached hydrogens (tertiary/aromatic N) is 1. The summed E-state index contributed by atoms with van der Waals surface area (Å²) in [6, 6.07) is 5.98. The van der Waals surface area contributed by atoms with Gasteiger partial charge in [0.2, 0.25) is 12.7 Å². The summed E-state index contributed by atoms with van der Waals surface area (Å²) < 4.78 is 10.8. The van der Waals surface area contributed by atoms with Crippen LogP contribution in [0.2, 0.25) is 0 Å².